The maximum atomic E-state index is 10.7. The van der Waals surface area contributed by atoms with E-state index in [1.54, 1.807) is 4.68 Å². The van der Waals surface area contributed by atoms with Crippen LogP contribution >= 0.6 is 0 Å². The summed E-state index contributed by atoms with van der Waals surface area (Å²) in [5.74, 6) is -0.788. The number of likely N-dealkylation sites (N-methyl/N-ethyl adjacent to an activating group) is 1. The van der Waals surface area contributed by atoms with Crippen LogP contribution in [-0.2, 0) is 24.8 Å². The third-order valence-corrected chi connectivity index (χ3v) is 2.53. The number of aliphatic carboxylic acids is 1. The van der Waals surface area contributed by atoms with Gasteiger partial charge >= 0.3 is 5.97 Å². The molecule has 0 aliphatic carbocycles. The molecule has 0 saturated heterocycles. The average molecular weight is 225 g/mol. The second-order valence-electron chi connectivity index (χ2n) is 3.83. The molecule has 0 spiro atoms. The van der Waals surface area contributed by atoms with E-state index in [2.05, 4.69) is 12.0 Å². The van der Waals surface area contributed by atoms with Gasteiger partial charge in [0.25, 0.3) is 0 Å². The number of nitrogens with zero attached hydrogens (tertiary/aromatic N) is 3. The molecule has 5 nitrogen and oxygen atoms in total. The standard InChI is InChI=1S/C11H19N3O2/c1-4-10-9(6-13(3)12-10)7-14(5-2)8-11(15)16/h6H,4-5,7-8H2,1-3H3,(H,15,16). The second kappa shape index (κ2) is 5.65. The van der Waals surface area contributed by atoms with Crippen molar-refractivity contribution in [2.45, 2.75) is 26.8 Å². The van der Waals surface area contributed by atoms with Gasteiger partial charge in [-0.1, -0.05) is 13.8 Å². The summed E-state index contributed by atoms with van der Waals surface area (Å²) in [5.41, 5.74) is 2.17. The van der Waals surface area contributed by atoms with Gasteiger partial charge in [0.2, 0.25) is 0 Å². The number of hydrogen-bond acceptors (Lipinski definition) is 3. The first-order valence-electron chi connectivity index (χ1n) is 5.52. The molecule has 1 N–H and O–H groups in total. The quantitative estimate of drug-likeness (QED) is 0.781. The number of aryl methyl sites for hydroxylation is 2. The van der Waals surface area contributed by atoms with Gasteiger partial charge in [-0.05, 0) is 13.0 Å². The van der Waals surface area contributed by atoms with Crippen LogP contribution in [0.3, 0.4) is 0 Å². The Labute approximate surface area is 95.7 Å². The first-order valence-corrected chi connectivity index (χ1v) is 5.52. The van der Waals surface area contributed by atoms with Crippen molar-refractivity contribution >= 4 is 5.97 Å². The summed E-state index contributed by atoms with van der Waals surface area (Å²) in [6.45, 7) is 5.48. The molecule has 1 rings (SSSR count). The number of rotatable bonds is 6. The number of carboxylic acid groups (broad SMARTS) is 1. The summed E-state index contributed by atoms with van der Waals surface area (Å²) >= 11 is 0. The molecule has 0 aliphatic heterocycles. The fraction of sp³-hybridized carbons (Fsp3) is 0.636. The maximum Gasteiger partial charge on any atom is 0.317 e. The van der Waals surface area contributed by atoms with Crippen molar-refractivity contribution in [3.63, 3.8) is 0 Å². The van der Waals surface area contributed by atoms with Crippen LogP contribution in [0, 0.1) is 0 Å². The molecule has 1 aromatic rings. The number of aromatic nitrogens is 2. The molecule has 0 atom stereocenters. The smallest absolute Gasteiger partial charge is 0.317 e. The monoisotopic (exact) mass is 225 g/mol. The molecule has 0 fully saturated rings. The van der Waals surface area contributed by atoms with E-state index in [-0.39, 0.29) is 6.54 Å². The Balaban J connectivity index is 2.72. The van der Waals surface area contributed by atoms with Crippen LogP contribution < -0.4 is 0 Å². The predicted octanol–water partition coefficient (Wildman–Crippen LogP) is 0.889. The van der Waals surface area contributed by atoms with E-state index in [1.165, 1.54) is 0 Å². The molecule has 0 unspecified atom stereocenters. The van der Waals surface area contributed by atoms with Crippen molar-refractivity contribution in [3.8, 4) is 0 Å². The van der Waals surface area contributed by atoms with Gasteiger partial charge in [0.1, 0.15) is 0 Å². The molecule has 0 aliphatic rings. The van der Waals surface area contributed by atoms with E-state index in [0.29, 0.717) is 6.54 Å². The summed E-state index contributed by atoms with van der Waals surface area (Å²) in [6, 6.07) is 0. The zero-order chi connectivity index (χ0) is 12.1. The summed E-state index contributed by atoms with van der Waals surface area (Å²) in [4.78, 5) is 12.5. The zero-order valence-corrected chi connectivity index (χ0v) is 10.1. The topological polar surface area (TPSA) is 58.4 Å². The Morgan fingerprint density at radius 2 is 2.25 bits per heavy atom. The highest BCUT2D eigenvalue weighted by molar-refractivity contribution is 5.69. The minimum Gasteiger partial charge on any atom is -0.480 e. The van der Waals surface area contributed by atoms with E-state index in [1.807, 2.05) is 25.1 Å². The van der Waals surface area contributed by atoms with Crippen LogP contribution in [0.5, 0.6) is 0 Å². The van der Waals surface area contributed by atoms with Crippen LogP contribution in [-0.4, -0.2) is 38.8 Å². The van der Waals surface area contributed by atoms with Gasteiger partial charge in [0, 0.05) is 25.4 Å². The lowest BCUT2D eigenvalue weighted by atomic mass is 10.2. The van der Waals surface area contributed by atoms with Crippen molar-refractivity contribution in [2.75, 3.05) is 13.1 Å². The van der Waals surface area contributed by atoms with Crippen molar-refractivity contribution in [2.24, 2.45) is 7.05 Å². The number of carboxylic acids is 1. The normalized spacial score (nSPS) is 11.0. The average Bonchev–Trinajstić information content (AvgIpc) is 2.57. The van der Waals surface area contributed by atoms with Crippen LogP contribution in [0.2, 0.25) is 0 Å². The van der Waals surface area contributed by atoms with E-state index in [0.717, 1.165) is 24.2 Å². The van der Waals surface area contributed by atoms with E-state index in [9.17, 15) is 4.79 Å². The molecular formula is C11H19N3O2. The van der Waals surface area contributed by atoms with Gasteiger partial charge in [-0.15, -0.1) is 0 Å². The Kier molecular flexibility index (Phi) is 4.49. The molecule has 0 radical (unpaired) electrons. The van der Waals surface area contributed by atoms with Crippen LogP contribution in [0.1, 0.15) is 25.1 Å². The van der Waals surface area contributed by atoms with Crippen LogP contribution in [0.15, 0.2) is 6.20 Å². The largest absolute Gasteiger partial charge is 0.480 e. The molecule has 0 bridgehead atoms. The molecule has 1 heterocycles. The third kappa shape index (κ3) is 3.34. The Bertz CT molecular complexity index is 360. The Hall–Kier alpha value is -1.36. The fourth-order valence-corrected chi connectivity index (χ4v) is 1.73. The molecule has 5 heteroatoms. The van der Waals surface area contributed by atoms with Crippen molar-refractivity contribution < 1.29 is 9.90 Å². The lowest BCUT2D eigenvalue weighted by molar-refractivity contribution is -0.138. The van der Waals surface area contributed by atoms with Crippen molar-refractivity contribution in [1.29, 1.82) is 0 Å². The Morgan fingerprint density at radius 3 is 2.75 bits per heavy atom. The number of carbonyl (C=O) groups is 1. The van der Waals surface area contributed by atoms with Crippen LogP contribution in [0.4, 0.5) is 0 Å². The molecule has 0 amide bonds. The number of hydrogen-bond donors (Lipinski definition) is 1. The van der Waals surface area contributed by atoms with E-state index >= 15 is 0 Å². The summed E-state index contributed by atoms with van der Waals surface area (Å²) in [7, 11) is 1.89. The first-order chi connectivity index (χ1) is 7.56. The van der Waals surface area contributed by atoms with E-state index < -0.39 is 5.97 Å². The first kappa shape index (κ1) is 12.7. The third-order valence-electron chi connectivity index (χ3n) is 2.53. The zero-order valence-electron chi connectivity index (χ0n) is 10.1. The highest BCUT2D eigenvalue weighted by Gasteiger charge is 2.12. The minimum absolute atomic E-state index is 0.0779. The molecule has 0 aromatic carbocycles. The molecular weight excluding hydrogens is 206 g/mol. The minimum atomic E-state index is -0.788. The second-order valence-corrected chi connectivity index (χ2v) is 3.83. The summed E-state index contributed by atoms with van der Waals surface area (Å²) in [6.07, 6.45) is 2.84. The van der Waals surface area contributed by atoms with Gasteiger partial charge < -0.3 is 5.11 Å². The van der Waals surface area contributed by atoms with Crippen LogP contribution in [0.25, 0.3) is 0 Å². The fourth-order valence-electron chi connectivity index (χ4n) is 1.73. The summed E-state index contributed by atoms with van der Waals surface area (Å²) < 4.78 is 1.78. The molecule has 0 saturated carbocycles. The lowest BCUT2D eigenvalue weighted by Crippen LogP contribution is -2.29. The van der Waals surface area contributed by atoms with Gasteiger partial charge in [0.05, 0.1) is 12.2 Å². The summed E-state index contributed by atoms with van der Waals surface area (Å²) in [5, 5.41) is 13.1. The highest BCUT2D eigenvalue weighted by Crippen LogP contribution is 2.10. The van der Waals surface area contributed by atoms with Crippen molar-refractivity contribution in [1.82, 2.24) is 14.7 Å². The van der Waals surface area contributed by atoms with Crippen molar-refractivity contribution in [3.05, 3.63) is 17.5 Å². The molecule has 1 aromatic heterocycles. The highest BCUT2D eigenvalue weighted by atomic mass is 16.4. The van der Waals surface area contributed by atoms with Gasteiger partial charge in [-0.3, -0.25) is 14.4 Å². The molecule has 90 valence electrons. The Morgan fingerprint density at radius 1 is 1.56 bits per heavy atom. The molecule has 16 heavy (non-hydrogen) atoms. The van der Waals surface area contributed by atoms with Gasteiger partial charge in [-0.25, -0.2) is 0 Å². The van der Waals surface area contributed by atoms with Gasteiger partial charge in [-0.2, -0.15) is 5.10 Å². The SMILES string of the molecule is CCc1nn(C)cc1CN(CC)CC(=O)O. The maximum absolute atomic E-state index is 10.7. The van der Waals surface area contributed by atoms with Gasteiger partial charge in [0.15, 0.2) is 0 Å². The lowest BCUT2D eigenvalue weighted by Gasteiger charge is -2.17. The predicted molar refractivity (Wildman–Crippen MR) is 61.2 cm³/mol. The van der Waals surface area contributed by atoms with E-state index in [4.69, 9.17) is 5.11 Å².